The molecular weight excluding hydrogens is 473 g/mol. The number of rotatable bonds is 10. The van der Waals surface area contributed by atoms with Crippen LogP contribution >= 0.6 is 23.2 Å². The van der Waals surface area contributed by atoms with Gasteiger partial charge in [0.1, 0.15) is 6.04 Å². The van der Waals surface area contributed by atoms with Gasteiger partial charge in [0.25, 0.3) is 0 Å². The quantitative estimate of drug-likeness (QED) is 0.541. The molecule has 32 heavy (non-hydrogen) atoms. The minimum Gasteiger partial charge on any atom is -0.357 e. The second-order valence-electron chi connectivity index (χ2n) is 7.26. The predicted molar refractivity (Wildman–Crippen MR) is 126 cm³/mol. The Morgan fingerprint density at radius 2 is 1.62 bits per heavy atom. The van der Waals surface area contributed by atoms with Gasteiger partial charge in [-0.25, -0.2) is 12.7 Å². The zero-order valence-electron chi connectivity index (χ0n) is 18.2. The van der Waals surface area contributed by atoms with Gasteiger partial charge >= 0.3 is 0 Å². The molecule has 2 amide bonds. The van der Waals surface area contributed by atoms with Crippen molar-refractivity contribution in [1.82, 2.24) is 14.5 Å². The third-order valence-corrected chi connectivity index (χ3v) is 7.70. The number of hydrogen-bond acceptors (Lipinski definition) is 4. The van der Waals surface area contributed by atoms with Gasteiger partial charge in [0.05, 0.1) is 4.90 Å². The Kier molecular flexibility index (Phi) is 9.51. The Morgan fingerprint density at radius 1 is 1.03 bits per heavy atom. The normalized spacial score (nSPS) is 12.4. The average Bonchev–Trinajstić information content (AvgIpc) is 2.78. The van der Waals surface area contributed by atoms with Crippen molar-refractivity contribution >= 4 is 45.0 Å². The van der Waals surface area contributed by atoms with Gasteiger partial charge in [0, 0.05) is 49.2 Å². The van der Waals surface area contributed by atoms with E-state index >= 15 is 0 Å². The van der Waals surface area contributed by atoms with Gasteiger partial charge in [-0.3, -0.25) is 9.59 Å². The van der Waals surface area contributed by atoms with Gasteiger partial charge < -0.3 is 10.2 Å². The first-order valence-electron chi connectivity index (χ1n) is 10.0. The molecule has 1 atom stereocenters. The fourth-order valence-electron chi connectivity index (χ4n) is 3.13. The van der Waals surface area contributed by atoms with Gasteiger partial charge in [-0.15, -0.1) is 0 Å². The zero-order chi connectivity index (χ0) is 23.9. The van der Waals surface area contributed by atoms with Crippen LogP contribution in [0, 0.1) is 0 Å². The Morgan fingerprint density at radius 3 is 2.19 bits per heavy atom. The molecule has 0 aliphatic rings. The van der Waals surface area contributed by atoms with Crippen molar-refractivity contribution in [1.29, 1.82) is 0 Å². The highest BCUT2D eigenvalue weighted by molar-refractivity contribution is 7.89. The molecule has 0 fully saturated rings. The molecule has 0 aromatic heterocycles. The molecule has 0 heterocycles. The van der Waals surface area contributed by atoms with Gasteiger partial charge in [0.2, 0.25) is 21.8 Å². The molecule has 0 saturated carbocycles. The van der Waals surface area contributed by atoms with E-state index in [0.29, 0.717) is 15.6 Å². The first-order valence-corrected chi connectivity index (χ1v) is 12.2. The Bertz CT molecular complexity index is 1030. The summed E-state index contributed by atoms with van der Waals surface area (Å²) in [6, 6.07) is 12.4. The number of likely N-dealkylation sites (N-methyl/N-ethyl adjacent to an activating group) is 1. The summed E-state index contributed by atoms with van der Waals surface area (Å²) < 4.78 is 26.5. The Balaban J connectivity index is 2.10. The van der Waals surface area contributed by atoms with Crippen LogP contribution in [0.5, 0.6) is 0 Å². The number of hydrogen-bond donors (Lipinski definition) is 1. The summed E-state index contributed by atoms with van der Waals surface area (Å²) in [5.41, 5.74) is 0.545. The molecule has 0 spiro atoms. The molecule has 2 rings (SSSR count). The van der Waals surface area contributed by atoms with Crippen molar-refractivity contribution < 1.29 is 18.0 Å². The first-order chi connectivity index (χ1) is 15.1. The molecule has 0 bridgehead atoms. The number of nitrogens with one attached hydrogen (secondary N) is 1. The van der Waals surface area contributed by atoms with E-state index in [4.69, 9.17) is 23.2 Å². The van der Waals surface area contributed by atoms with E-state index in [1.165, 1.54) is 35.4 Å². The summed E-state index contributed by atoms with van der Waals surface area (Å²) in [7, 11) is -0.674. The molecule has 0 aliphatic carbocycles. The van der Waals surface area contributed by atoms with E-state index in [1.54, 1.807) is 43.3 Å². The second-order valence-corrected chi connectivity index (χ2v) is 10.1. The van der Waals surface area contributed by atoms with Crippen LogP contribution in [0.4, 0.5) is 0 Å². The van der Waals surface area contributed by atoms with Crippen LogP contribution in [0.15, 0.2) is 53.4 Å². The lowest BCUT2D eigenvalue weighted by Crippen LogP contribution is -2.46. The lowest BCUT2D eigenvalue weighted by Gasteiger charge is -2.29. The summed E-state index contributed by atoms with van der Waals surface area (Å²) in [5, 5.41) is 3.33. The fourth-order valence-corrected chi connectivity index (χ4v) is 4.88. The third kappa shape index (κ3) is 6.45. The van der Waals surface area contributed by atoms with Crippen LogP contribution in [-0.4, -0.2) is 56.1 Å². The monoisotopic (exact) mass is 499 g/mol. The first kappa shape index (κ1) is 26.1. The molecule has 7 nitrogen and oxygen atoms in total. The van der Waals surface area contributed by atoms with Gasteiger partial charge in [-0.05, 0) is 37.6 Å². The lowest BCUT2D eigenvalue weighted by molar-refractivity contribution is -0.140. The zero-order valence-corrected chi connectivity index (χ0v) is 20.5. The summed E-state index contributed by atoms with van der Waals surface area (Å²) in [4.78, 5) is 26.8. The summed E-state index contributed by atoms with van der Waals surface area (Å²) in [5.74, 6) is -0.632. The molecule has 174 valence electrons. The maximum Gasteiger partial charge on any atom is 0.242 e. The molecular formula is C22H27Cl2N3O4S. The van der Waals surface area contributed by atoms with Crippen LogP contribution in [0.3, 0.4) is 0 Å². The molecule has 0 unspecified atom stereocenters. The van der Waals surface area contributed by atoms with Crippen molar-refractivity contribution in [3.63, 3.8) is 0 Å². The highest BCUT2D eigenvalue weighted by Crippen LogP contribution is 2.27. The summed E-state index contributed by atoms with van der Waals surface area (Å²) in [6.07, 6.45) is 0.340. The predicted octanol–water partition coefficient (Wildman–Crippen LogP) is 3.56. The van der Waals surface area contributed by atoms with E-state index in [0.717, 1.165) is 0 Å². The van der Waals surface area contributed by atoms with Crippen LogP contribution in [-0.2, 0) is 26.2 Å². The summed E-state index contributed by atoms with van der Waals surface area (Å²) >= 11 is 12.5. The lowest BCUT2D eigenvalue weighted by atomic mass is 10.1. The van der Waals surface area contributed by atoms with E-state index in [1.807, 2.05) is 0 Å². The van der Waals surface area contributed by atoms with Gasteiger partial charge in [0.15, 0.2) is 0 Å². The third-order valence-electron chi connectivity index (χ3n) is 5.12. The highest BCUT2D eigenvalue weighted by Gasteiger charge is 2.27. The minimum absolute atomic E-state index is 0.0536. The largest absolute Gasteiger partial charge is 0.357 e. The Labute approximate surface area is 199 Å². The number of carbonyl (C=O) groups excluding carboxylic acids is 2. The maximum absolute atomic E-state index is 13.0. The molecule has 2 aromatic carbocycles. The smallest absolute Gasteiger partial charge is 0.242 e. The van der Waals surface area contributed by atoms with E-state index in [2.05, 4.69) is 5.32 Å². The van der Waals surface area contributed by atoms with E-state index < -0.39 is 16.1 Å². The number of halogens is 2. The topological polar surface area (TPSA) is 86.8 Å². The summed E-state index contributed by atoms with van der Waals surface area (Å²) in [6.45, 7) is 1.83. The Hall–Kier alpha value is -2.13. The molecule has 2 aromatic rings. The fraction of sp³-hybridized carbons (Fsp3) is 0.364. The number of sulfonamides is 1. The molecule has 0 radical (unpaired) electrons. The van der Waals surface area contributed by atoms with Crippen molar-refractivity contribution in [2.45, 2.75) is 37.2 Å². The van der Waals surface area contributed by atoms with E-state index in [-0.39, 0.29) is 42.6 Å². The van der Waals surface area contributed by atoms with Crippen LogP contribution < -0.4 is 5.32 Å². The molecule has 1 N–H and O–H groups in total. The second kappa shape index (κ2) is 11.7. The van der Waals surface area contributed by atoms with Crippen LogP contribution in [0.1, 0.15) is 25.3 Å². The number of nitrogens with zero attached hydrogens (tertiary/aromatic N) is 2. The standard InChI is InChI=1S/C22H27Cl2N3O4S/c1-16(22(29)25-2)27(15-18-19(23)11-7-12-20(18)24)21(28)13-8-14-26(3)32(30,31)17-9-5-4-6-10-17/h4-7,9-12,16H,8,13-15H2,1-3H3,(H,25,29)/t16-/m1/s1. The highest BCUT2D eigenvalue weighted by atomic mass is 35.5. The van der Waals surface area contributed by atoms with Crippen molar-refractivity contribution in [3.8, 4) is 0 Å². The SMILES string of the molecule is CNC(=O)[C@@H](C)N(Cc1c(Cl)cccc1Cl)C(=O)CCCN(C)S(=O)(=O)c1ccccc1. The van der Waals surface area contributed by atoms with Gasteiger partial charge in [-0.2, -0.15) is 0 Å². The van der Waals surface area contributed by atoms with Crippen LogP contribution in [0.2, 0.25) is 10.0 Å². The number of carbonyl (C=O) groups is 2. The van der Waals surface area contributed by atoms with Crippen molar-refractivity contribution in [3.05, 3.63) is 64.1 Å². The van der Waals surface area contributed by atoms with Crippen molar-refractivity contribution in [2.75, 3.05) is 20.6 Å². The molecule has 0 aliphatic heterocycles. The maximum atomic E-state index is 13.0. The van der Waals surface area contributed by atoms with Gasteiger partial charge in [-0.1, -0.05) is 47.5 Å². The minimum atomic E-state index is -3.64. The van der Waals surface area contributed by atoms with E-state index in [9.17, 15) is 18.0 Å². The number of amides is 2. The van der Waals surface area contributed by atoms with Crippen molar-refractivity contribution in [2.24, 2.45) is 0 Å². The average molecular weight is 500 g/mol. The number of benzene rings is 2. The van der Waals surface area contributed by atoms with Crippen LogP contribution in [0.25, 0.3) is 0 Å². The molecule has 0 saturated heterocycles. The molecule has 10 heteroatoms.